The molecular formula is C20H25N3O3S. The largest absolute Gasteiger partial charge is 0.349 e. The third-order valence-corrected chi connectivity index (χ3v) is 6.18. The van der Waals surface area contributed by atoms with Gasteiger partial charge in [-0.05, 0) is 42.7 Å². The van der Waals surface area contributed by atoms with Gasteiger partial charge < -0.3 is 5.32 Å². The Morgan fingerprint density at radius 3 is 2.56 bits per heavy atom. The summed E-state index contributed by atoms with van der Waals surface area (Å²) in [6.45, 7) is 0.147. The highest BCUT2D eigenvalue weighted by molar-refractivity contribution is 7.89. The van der Waals surface area contributed by atoms with Gasteiger partial charge in [0.25, 0.3) is 5.91 Å². The number of hydrogen-bond donors (Lipinski definition) is 2. The van der Waals surface area contributed by atoms with Gasteiger partial charge in [-0.1, -0.05) is 37.8 Å². The van der Waals surface area contributed by atoms with Crippen molar-refractivity contribution in [2.45, 2.75) is 56.0 Å². The van der Waals surface area contributed by atoms with Gasteiger partial charge in [-0.15, -0.1) is 0 Å². The van der Waals surface area contributed by atoms with Crippen LogP contribution in [0.2, 0.25) is 0 Å². The molecule has 1 aromatic heterocycles. The number of amides is 1. The molecule has 0 spiro atoms. The van der Waals surface area contributed by atoms with Gasteiger partial charge in [0.2, 0.25) is 10.0 Å². The van der Waals surface area contributed by atoms with Gasteiger partial charge in [0.05, 0.1) is 4.90 Å². The van der Waals surface area contributed by atoms with Crippen LogP contribution in [-0.2, 0) is 16.6 Å². The van der Waals surface area contributed by atoms with Gasteiger partial charge in [0.1, 0.15) is 0 Å². The van der Waals surface area contributed by atoms with E-state index in [-0.39, 0.29) is 23.4 Å². The zero-order valence-corrected chi connectivity index (χ0v) is 16.0. The number of nitrogens with one attached hydrogen (secondary N) is 2. The van der Waals surface area contributed by atoms with Crippen LogP contribution >= 0.6 is 0 Å². The molecule has 1 heterocycles. The van der Waals surface area contributed by atoms with Crippen LogP contribution in [0, 0.1) is 0 Å². The van der Waals surface area contributed by atoms with E-state index in [1.54, 1.807) is 36.7 Å². The average Bonchev–Trinajstić information content (AvgIpc) is 2.96. The number of carbonyl (C=O) groups is 1. The second kappa shape index (κ2) is 9.10. The lowest BCUT2D eigenvalue weighted by Gasteiger charge is -2.16. The Morgan fingerprint density at radius 1 is 1.07 bits per heavy atom. The quantitative estimate of drug-likeness (QED) is 0.746. The molecule has 0 bridgehead atoms. The molecule has 1 amide bonds. The molecule has 27 heavy (non-hydrogen) atoms. The molecule has 0 saturated heterocycles. The van der Waals surface area contributed by atoms with Gasteiger partial charge in [-0.2, -0.15) is 0 Å². The molecule has 1 aromatic carbocycles. The minimum absolute atomic E-state index is 0.0832. The summed E-state index contributed by atoms with van der Waals surface area (Å²) >= 11 is 0. The lowest BCUT2D eigenvalue weighted by molar-refractivity contribution is 0.0933. The number of carbonyl (C=O) groups excluding carboxylic acids is 1. The fraction of sp³-hybridized carbons (Fsp3) is 0.400. The second-order valence-corrected chi connectivity index (χ2v) is 8.64. The van der Waals surface area contributed by atoms with Gasteiger partial charge in [-0.25, -0.2) is 13.1 Å². The molecule has 2 aromatic rings. The van der Waals surface area contributed by atoms with Crippen molar-refractivity contribution in [1.82, 2.24) is 15.0 Å². The van der Waals surface area contributed by atoms with Crippen LogP contribution in [0.25, 0.3) is 0 Å². The number of aromatic nitrogens is 1. The van der Waals surface area contributed by atoms with Gasteiger partial charge in [0.15, 0.2) is 0 Å². The first-order valence-electron chi connectivity index (χ1n) is 9.34. The van der Waals surface area contributed by atoms with Crippen molar-refractivity contribution in [3.05, 3.63) is 59.9 Å². The minimum Gasteiger partial charge on any atom is -0.349 e. The summed E-state index contributed by atoms with van der Waals surface area (Å²) in [4.78, 5) is 16.6. The summed E-state index contributed by atoms with van der Waals surface area (Å²) in [6.07, 6.45) is 9.88. The molecule has 0 radical (unpaired) electrons. The maximum atomic E-state index is 12.6. The zero-order chi connectivity index (χ0) is 19.1. The molecule has 1 aliphatic rings. The van der Waals surface area contributed by atoms with Crippen LogP contribution in [0.5, 0.6) is 0 Å². The Kier molecular flexibility index (Phi) is 6.58. The van der Waals surface area contributed by atoms with E-state index in [0.717, 1.165) is 31.2 Å². The van der Waals surface area contributed by atoms with Crippen molar-refractivity contribution in [2.75, 3.05) is 0 Å². The first-order chi connectivity index (χ1) is 13.0. The number of pyridine rings is 1. The van der Waals surface area contributed by atoms with E-state index in [4.69, 9.17) is 0 Å². The summed E-state index contributed by atoms with van der Waals surface area (Å²) in [5, 5.41) is 3.05. The molecule has 144 valence electrons. The molecule has 0 aliphatic heterocycles. The summed E-state index contributed by atoms with van der Waals surface area (Å²) in [6, 6.07) is 9.89. The first-order valence-corrected chi connectivity index (χ1v) is 10.8. The maximum Gasteiger partial charge on any atom is 0.251 e. The predicted octanol–water partition coefficient (Wildman–Crippen LogP) is 3.01. The number of nitrogens with zero attached hydrogens (tertiary/aromatic N) is 1. The molecule has 7 heteroatoms. The van der Waals surface area contributed by atoms with Crippen molar-refractivity contribution in [3.63, 3.8) is 0 Å². The number of sulfonamides is 1. The van der Waals surface area contributed by atoms with Crippen LogP contribution < -0.4 is 10.0 Å². The second-order valence-electron chi connectivity index (χ2n) is 6.88. The van der Waals surface area contributed by atoms with Crippen LogP contribution in [0.4, 0.5) is 0 Å². The molecule has 1 aliphatic carbocycles. The van der Waals surface area contributed by atoms with Gasteiger partial charge in [-0.3, -0.25) is 9.78 Å². The maximum absolute atomic E-state index is 12.6. The Hall–Kier alpha value is -2.25. The predicted molar refractivity (Wildman–Crippen MR) is 104 cm³/mol. The van der Waals surface area contributed by atoms with E-state index in [0.29, 0.717) is 5.56 Å². The highest BCUT2D eigenvalue weighted by Gasteiger charge is 2.19. The lowest BCUT2D eigenvalue weighted by atomic mass is 10.1. The Balaban J connectivity index is 1.67. The van der Waals surface area contributed by atoms with Crippen molar-refractivity contribution in [3.8, 4) is 0 Å². The van der Waals surface area contributed by atoms with E-state index in [1.807, 2.05) is 0 Å². The van der Waals surface area contributed by atoms with E-state index >= 15 is 0 Å². The Morgan fingerprint density at radius 2 is 1.85 bits per heavy atom. The summed E-state index contributed by atoms with van der Waals surface area (Å²) in [7, 11) is -3.71. The third kappa shape index (κ3) is 5.61. The zero-order valence-electron chi connectivity index (χ0n) is 15.2. The van der Waals surface area contributed by atoms with Gasteiger partial charge >= 0.3 is 0 Å². The van der Waals surface area contributed by atoms with E-state index in [2.05, 4.69) is 15.0 Å². The highest BCUT2D eigenvalue weighted by atomic mass is 32.2. The lowest BCUT2D eigenvalue weighted by Crippen LogP contribution is -2.34. The van der Waals surface area contributed by atoms with Crippen molar-refractivity contribution in [2.24, 2.45) is 0 Å². The monoisotopic (exact) mass is 387 g/mol. The molecule has 6 nitrogen and oxygen atoms in total. The Labute approximate surface area is 160 Å². The smallest absolute Gasteiger partial charge is 0.251 e. The first kappa shape index (κ1) is 19.5. The molecule has 2 N–H and O–H groups in total. The van der Waals surface area contributed by atoms with E-state index in [1.165, 1.54) is 25.0 Å². The van der Waals surface area contributed by atoms with Crippen LogP contribution in [0.3, 0.4) is 0 Å². The fourth-order valence-corrected chi connectivity index (χ4v) is 4.32. The normalized spacial score (nSPS) is 15.9. The number of hydrogen-bond acceptors (Lipinski definition) is 4. The molecular weight excluding hydrogens is 362 g/mol. The third-order valence-electron chi connectivity index (χ3n) is 4.79. The van der Waals surface area contributed by atoms with Gasteiger partial charge in [0, 0.05) is 30.5 Å². The summed E-state index contributed by atoms with van der Waals surface area (Å²) < 4.78 is 27.7. The highest BCUT2D eigenvalue weighted by Crippen LogP contribution is 2.18. The minimum atomic E-state index is -3.71. The number of rotatable bonds is 6. The van der Waals surface area contributed by atoms with Crippen LogP contribution in [0.15, 0.2) is 53.7 Å². The molecule has 1 fully saturated rings. The summed E-state index contributed by atoms with van der Waals surface area (Å²) in [5.74, 6) is -0.216. The van der Waals surface area contributed by atoms with Crippen molar-refractivity contribution < 1.29 is 13.2 Å². The van der Waals surface area contributed by atoms with E-state index in [9.17, 15) is 13.2 Å². The molecule has 0 unspecified atom stereocenters. The average molecular weight is 388 g/mol. The SMILES string of the molecule is O=C(NC1CCCCCC1)c1cccc(S(=O)(=O)NCc2cccnc2)c1. The van der Waals surface area contributed by atoms with Crippen molar-refractivity contribution in [1.29, 1.82) is 0 Å². The fourth-order valence-electron chi connectivity index (χ4n) is 3.26. The van der Waals surface area contributed by atoms with E-state index < -0.39 is 10.0 Å². The number of benzene rings is 1. The van der Waals surface area contributed by atoms with Crippen molar-refractivity contribution >= 4 is 15.9 Å². The molecule has 3 rings (SSSR count). The molecule has 0 atom stereocenters. The van der Waals surface area contributed by atoms with Crippen LogP contribution in [0.1, 0.15) is 54.4 Å². The van der Waals surface area contributed by atoms with Crippen LogP contribution in [-0.4, -0.2) is 25.4 Å². The topological polar surface area (TPSA) is 88.2 Å². The Bertz CT molecular complexity index is 861. The standard InChI is InChI=1S/C20H25N3O3S/c24-20(23-18-9-3-1-2-4-10-18)17-8-5-11-19(13-17)27(25,26)22-15-16-7-6-12-21-14-16/h5-8,11-14,18,22H,1-4,9-10,15H2,(H,23,24). The molecule has 1 saturated carbocycles. The summed E-state index contributed by atoms with van der Waals surface area (Å²) in [5.41, 5.74) is 1.13.